The number of hydrogen-bond acceptors (Lipinski definition) is 3. The van der Waals surface area contributed by atoms with Crippen molar-refractivity contribution >= 4 is 28.8 Å². The van der Waals surface area contributed by atoms with E-state index >= 15 is 0 Å². The first-order valence-corrected chi connectivity index (χ1v) is 7.32. The molecule has 1 aromatic carbocycles. The minimum Gasteiger partial charge on any atom is -0.350 e. The summed E-state index contributed by atoms with van der Waals surface area (Å²) in [6, 6.07) is 9.59. The van der Waals surface area contributed by atoms with Gasteiger partial charge in [0.1, 0.15) is 5.82 Å². The number of halogens is 1. The van der Waals surface area contributed by atoms with Gasteiger partial charge >= 0.3 is 0 Å². The molecule has 0 atom stereocenters. The third-order valence-corrected chi connectivity index (χ3v) is 3.76. The molecule has 2 rings (SSSR count). The molecule has 21 heavy (non-hydrogen) atoms. The number of amides is 2. The lowest BCUT2D eigenvalue weighted by atomic mass is 10.2. The molecule has 6 heteroatoms. The number of nitrogens with zero attached hydrogens (tertiary/aromatic N) is 1. The fourth-order valence-electron chi connectivity index (χ4n) is 1.89. The van der Waals surface area contributed by atoms with Crippen LogP contribution >= 0.6 is 11.3 Å². The molecule has 1 heterocycles. The van der Waals surface area contributed by atoms with Gasteiger partial charge in [-0.1, -0.05) is 18.2 Å². The monoisotopic (exact) mass is 306 g/mol. The molecular formula is C15H15FN2O2S. The maximum Gasteiger partial charge on any atom is 0.261 e. The Hall–Kier alpha value is -2.21. The van der Waals surface area contributed by atoms with E-state index in [1.807, 2.05) is 5.38 Å². The van der Waals surface area contributed by atoms with Crippen LogP contribution in [0.15, 0.2) is 41.8 Å². The van der Waals surface area contributed by atoms with Crippen LogP contribution in [-0.2, 0) is 4.79 Å². The number of rotatable bonds is 5. The van der Waals surface area contributed by atoms with Gasteiger partial charge < -0.3 is 10.2 Å². The van der Waals surface area contributed by atoms with Gasteiger partial charge in [0.05, 0.1) is 10.6 Å². The second kappa shape index (κ2) is 6.99. The average Bonchev–Trinajstić information content (AvgIpc) is 2.98. The highest BCUT2D eigenvalue weighted by molar-refractivity contribution is 7.12. The summed E-state index contributed by atoms with van der Waals surface area (Å²) in [6.45, 7) is 1.84. The SMILES string of the molecule is CC(=O)N(CCNC(=O)c1cccs1)c1ccccc1F. The lowest BCUT2D eigenvalue weighted by molar-refractivity contribution is -0.116. The van der Waals surface area contributed by atoms with E-state index in [0.717, 1.165) is 0 Å². The molecule has 0 aliphatic carbocycles. The zero-order valence-corrected chi connectivity index (χ0v) is 12.3. The zero-order chi connectivity index (χ0) is 15.2. The van der Waals surface area contributed by atoms with Crippen molar-refractivity contribution in [2.75, 3.05) is 18.0 Å². The fraction of sp³-hybridized carbons (Fsp3) is 0.200. The van der Waals surface area contributed by atoms with Crippen LogP contribution < -0.4 is 10.2 Å². The van der Waals surface area contributed by atoms with Gasteiger partial charge in [0.15, 0.2) is 0 Å². The Morgan fingerprint density at radius 3 is 2.62 bits per heavy atom. The van der Waals surface area contributed by atoms with E-state index in [4.69, 9.17) is 0 Å². The molecule has 0 aliphatic rings. The van der Waals surface area contributed by atoms with Crippen LogP contribution in [0.1, 0.15) is 16.6 Å². The fourth-order valence-corrected chi connectivity index (χ4v) is 2.53. The summed E-state index contributed by atoms with van der Waals surface area (Å²) in [6.07, 6.45) is 0. The Bertz CT molecular complexity index is 628. The summed E-state index contributed by atoms with van der Waals surface area (Å²) in [5.74, 6) is -0.926. The predicted octanol–water partition coefficient (Wildman–Crippen LogP) is 2.67. The van der Waals surface area contributed by atoms with Crippen LogP contribution in [0, 0.1) is 5.82 Å². The second-order valence-corrected chi connectivity index (χ2v) is 5.30. The van der Waals surface area contributed by atoms with Gasteiger partial charge in [-0.2, -0.15) is 0 Å². The summed E-state index contributed by atoms with van der Waals surface area (Å²) in [7, 11) is 0. The van der Waals surface area contributed by atoms with Gasteiger partial charge in [0, 0.05) is 20.0 Å². The number of para-hydroxylation sites is 1. The van der Waals surface area contributed by atoms with E-state index in [-0.39, 0.29) is 30.6 Å². The molecule has 1 aromatic heterocycles. The molecule has 0 aliphatic heterocycles. The molecule has 0 radical (unpaired) electrons. The molecule has 0 bridgehead atoms. The van der Waals surface area contributed by atoms with Crippen LogP contribution in [0.5, 0.6) is 0 Å². The molecule has 0 saturated heterocycles. The lowest BCUT2D eigenvalue weighted by Gasteiger charge is -2.21. The molecule has 0 saturated carbocycles. The third kappa shape index (κ3) is 3.88. The molecular weight excluding hydrogens is 291 g/mol. The Morgan fingerprint density at radius 1 is 1.24 bits per heavy atom. The molecule has 4 nitrogen and oxygen atoms in total. The quantitative estimate of drug-likeness (QED) is 0.923. The van der Waals surface area contributed by atoms with Crippen LogP contribution in [0.4, 0.5) is 10.1 Å². The first-order chi connectivity index (χ1) is 10.1. The maximum absolute atomic E-state index is 13.7. The maximum atomic E-state index is 13.7. The highest BCUT2D eigenvalue weighted by Crippen LogP contribution is 2.18. The Labute approximate surface area is 126 Å². The average molecular weight is 306 g/mol. The Morgan fingerprint density at radius 2 is 2.00 bits per heavy atom. The van der Waals surface area contributed by atoms with Crippen LogP contribution in [-0.4, -0.2) is 24.9 Å². The van der Waals surface area contributed by atoms with E-state index in [1.165, 1.54) is 35.3 Å². The first-order valence-electron chi connectivity index (χ1n) is 6.44. The molecule has 0 unspecified atom stereocenters. The van der Waals surface area contributed by atoms with Gasteiger partial charge in [0.2, 0.25) is 5.91 Å². The second-order valence-electron chi connectivity index (χ2n) is 4.36. The van der Waals surface area contributed by atoms with Gasteiger partial charge in [-0.05, 0) is 23.6 Å². The third-order valence-electron chi connectivity index (χ3n) is 2.89. The van der Waals surface area contributed by atoms with Gasteiger partial charge in [0.25, 0.3) is 5.91 Å². The number of thiophene rings is 1. The van der Waals surface area contributed by atoms with Crippen molar-refractivity contribution in [1.82, 2.24) is 5.32 Å². The number of hydrogen-bond donors (Lipinski definition) is 1. The van der Waals surface area contributed by atoms with Gasteiger partial charge in [-0.15, -0.1) is 11.3 Å². The number of nitrogens with one attached hydrogen (secondary N) is 1. The van der Waals surface area contributed by atoms with Crippen molar-refractivity contribution in [1.29, 1.82) is 0 Å². The molecule has 2 amide bonds. The largest absolute Gasteiger partial charge is 0.350 e. The Kier molecular flexibility index (Phi) is 5.05. The lowest BCUT2D eigenvalue weighted by Crippen LogP contribution is -2.37. The first kappa shape index (κ1) is 15.2. The number of carbonyl (C=O) groups excluding carboxylic acids is 2. The van der Waals surface area contributed by atoms with Crippen molar-refractivity contribution in [3.8, 4) is 0 Å². The van der Waals surface area contributed by atoms with E-state index < -0.39 is 5.82 Å². The topological polar surface area (TPSA) is 49.4 Å². The van der Waals surface area contributed by atoms with Crippen LogP contribution in [0.2, 0.25) is 0 Å². The van der Waals surface area contributed by atoms with Crippen LogP contribution in [0.3, 0.4) is 0 Å². The number of benzene rings is 1. The van der Waals surface area contributed by atoms with Crippen molar-refractivity contribution in [3.63, 3.8) is 0 Å². The number of anilines is 1. The van der Waals surface area contributed by atoms with Crippen molar-refractivity contribution in [3.05, 3.63) is 52.5 Å². The summed E-state index contributed by atoms with van der Waals surface area (Å²) in [5, 5.41) is 4.53. The summed E-state index contributed by atoms with van der Waals surface area (Å²) < 4.78 is 13.7. The minimum atomic E-state index is -0.461. The molecule has 2 aromatic rings. The van der Waals surface area contributed by atoms with Gasteiger partial charge in [-0.3, -0.25) is 9.59 Å². The van der Waals surface area contributed by atoms with E-state index in [2.05, 4.69) is 5.32 Å². The molecule has 1 N–H and O–H groups in total. The molecule has 0 spiro atoms. The predicted molar refractivity (Wildman–Crippen MR) is 81.1 cm³/mol. The van der Waals surface area contributed by atoms with E-state index in [9.17, 15) is 14.0 Å². The standard InChI is InChI=1S/C15H15FN2O2S/c1-11(19)18(13-6-3-2-5-12(13)16)9-8-17-15(20)14-7-4-10-21-14/h2-7,10H,8-9H2,1H3,(H,17,20). The van der Waals surface area contributed by atoms with Crippen molar-refractivity contribution < 1.29 is 14.0 Å². The molecule has 0 fully saturated rings. The van der Waals surface area contributed by atoms with E-state index in [1.54, 1.807) is 24.3 Å². The summed E-state index contributed by atoms with van der Waals surface area (Å²) in [5.41, 5.74) is 0.218. The van der Waals surface area contributed by atoms with E-state index in [0.29, 0.717) is 4.88 Å². The Balaban J connectivity index is 1.97. The normalized spacial score (nSPS) is 10.2. The summed E-state index contributed by atoms with van der Waals surface area (Å²) in [4.78, 5) is 25.3. The highest BCUT2D eigenvalue weighted by Gasteiger charge is 2.15. The minimum absolute atomic E-state index is 0.193. The summed E-state index contributed by atoms with van der Waals surface area (Å²) >= 11 is 1.34. The zero-order valence-electron chi connectivity index (χ0n) is 11.5. The van der Waals surface area contributed by atoms with Gasteiger partial charge in [-0.25, -0.2) is 4.39 Å². The van der Waals surface area contributed by atoms with Crippen molar-refractivity contribution in [2.45, 2.75) is 6.92 Å². The highest BCUT2D eigenvalue weighted by atomic mass is 32.1. The molecule has 110 valence electrons. The number of carbonyl (C=O) groups is 2. The smallest absolute Gasteiger partial charge is 0.261 e. The van der Waals surface area contributed by atoms with Crippen molar-refractivity contribution in [2.24, 2.45) is 0 Å². The van der Waals surface area contributed by atoms with Crippen LogP contribution in [0.25, 0.3) is 0 Å².